The van der Waals surface area contributed by atoms with Gasteiger partial charge in [-0.25, -0.2) is 4.79 Å². The van der Waals surface area contributed by atoms with Gasteiger partial charge in [-0.15, -0.1) is 0 Å². The fourth-order valence-electron chi connectivity index (χ4n) is 2.32. The topological polar surface area (TPSA) is 90.0 Å². The fraction of sp³-hybridized carbons (Fsp3) is 0.769. The first-order chi connectivity index (χ1) is 9.18. The summed E-state index contributed by atoms with van der Waals surface area (Å²) in [5, 5.41) is 11.5. The van der Waals surface area contributed by atoms with Gasteiger partial charge >= 0.3 is 12.0 Å². The number of nitrogens with zero attached hydrogens (tertiary/aromatic N) is 2. The number of urea groups is 1. The molecule has 3 amide bonds. The van der Waals surface area contributed by atoms with E-state index in [0.717, 1.165) is 6.42 Å². The van der Waals surface area contributed by atoms with Gasteiger partial charge in [-0.1, -0.05) is 0 Å². The first kappa shape index (κ1) is 16.3. The van der Waals surface area contributed by atoms with E-state index in [0.29, 0.717) is 13.0 Å². The highest BCUT2D eigenvalue weighted by atomic mass is 16.4. The SMILES string of the molecule is CNC(=O)C1CCCN1C(=O)N(CC(=O)O)C(C)(C)C. The fourth-order valence-corrected chi connectivity index (χ4v) is 2.32. The molecule has 1 fully saturated rings. The van der Waals surface area contributed by atoms with Crippen molar-refractivity contribution in [3.63, 3.8) is 0 Å². The second-order valence-corrected chi connectivity index (χ2v) is 5.90. The minimum atomic E-state index is -1.07. The van der Waals surface area contributed by atoms with Crippen LogP contribution in [-0.2, 0) is 9.59 Å². The first-order valence-corrected chi connectivity index (χ1v) is 6.70. The van der Waals surface area contributed by atoms with E-state index in [1.54, 1.807) is 20.8 Å². The highest BCUT2D eigenvalue weighted by Gasteiger charge is 2.39. The molecule has 1 aliphatic heterocycles. The van der Waals surface area contributed by atoms with Gasteiger partial charge in [0.05, 0.1) is 0 Å². The molecule has 2 N–H and O–H groups in total. The minimum absolute atomic E-state index is 0.208. The average molecular weight is 285 g/mol. The molecule has 114 valence electrons. The second kappa shape index (κ2) is 6.11. The summed E-state index contributed by atoms with van der Waals surface area (Å²) in [6.07, 6.45) is 1.35. The molecule has 1 aliphatic rings. The molecule has 0 aromatic rings. The Balaban J connectivity index is 2.94. The summed E-state index contributed by atoms with van der Waals surface area (Å²) in [5.41, 5.74) is -0.620. The van der Waals surface area contributed by atoms with E-state index in [1.165, 1.54) is 16.8 Å². The van der Waals surface area contributed by atoms with Crippen molar-refractivity contribution < 1.29 is 19.5 Å². The zero-order valence-corrected chi connectivity index (χ0v) is 12.5. The molecule has 1 heterocycles. The van der Waals surface area contributed by atoms with Crippen molar-refractivity contribution in [2.75, 3.05) is 20.1 Å². The number of carbonyl (C=O) groups is 3. The van der Waals surface area contributed by atoms with E-state index < -0.39 is 23.6 Å². The molecule has 1 unspecified atom stereocenters. The standard InChI is InChI=1S/C13H23N3O4/c1-13(2,3)16(8-10(17)18)12(20)15-7-5-6-9(15)11(19)14-4/h9H,5-8H2,1-4H3,(H,14,19)(H,17,18). The van der Waals surface area contributed by atoms with Crippen molar-refractivity contribution in [2.45, 2.75) is 45.2 Å². The van der Waals surface area contributed by atoms with Crippen molar-refractivity contribution in [2.24, 2.45) is 0 Å². The Morgan fingerprint density at radius 3 is 2.40 bits per heavy atom. The van der Waals surface area contributed by atoms with Gasteiger partial charge in [0.15, 0.2) is 0 Å². The van der Waals surface area contributed by atoms with Gasteiger partial charge in [-0.05, 0) is 33.6 Å². The molecule has 7 nitrogen and oxygen atoms in total. The lowest BCUT2D eigenvalue weighted by atomic mass is 10.1. The molecule has 1 atom stereocenters. The molecule has 0 radical (unpaired) electrons. The Bertz CT molecular complexity index is 403. The lowest BCUT2D eigenvalue weighted by Gasteiger charge is -2.38. The van der Waals surface area contributed by atoms with Crippen LogP contribution < -0.4 is 5.32 Å². The zero-order valence-electron chi connectivity index (χ0n) is 12.5. The molecule has 0 aromatic heterocycles. The summed E-state index contributed by atoms with van der Waals surface area (Å²) in [6.45, 7) is 5.43. The number of carboxylic acids is 1. The summed E-state index contributed by atoms with van der Waals surface area (Å²) in [6, 6.07) is -0.905. The van der Waals surface area contributed by atoms with Crippen molar-refractivity contribution >= 4 is 17.9 Å². The van der Waals surface area contributed by atoms with Crippen LogP contribution in [0.1, 0.15) is 33.6 Å². The van der Waals surface area contributed by atoms with Crippen LogP contribution in [-0.4, -0.2) is 64.5 Å². The summed E-state index contributed by atoms with van der Waals surface area (Å²) in [4.78, 5) is 38.1. The monoisotopic (exact) mass is 285 g/mol. The van der Waals surface area contributed by atoms with Crippen molar-refractivity contribution in [1.82, 2.24) is 15.1 Å². The molecule has 0 aromatic carbocycles. The Hall–Kier alpha value is -1.79. The Labute approximate surface area is 118 Å². The van der Waals surface area contributed by atoms with Gasteiger partial charge in [0.25, 0.3) is 0 Å². The van der Waals surface area contributed by atoms with Crippen LogP contribution in [0.2, 0.25) is 0 Å². The summed E-state index contributed by atoms with van der Waals surface area (Å²) >= 11 is 0. The number of rotatable bonds is 3. The quantitative estimate of drug-likeness (QED) is 0.790. The number of likely N-dealkylation sites (tertiary alicyclic amines) is 1. The summed E-state index contributed by atoms with van der Waals surface area (Å²) in [7, 11) is 1.53. The molecule has 20 heavy (non-hydrogen) atoms. The molecule has 1 saturated heterocycles. The van der Waals surface area contributed by atoms with Crippen LogP contribution in [0.3, 0.4) is 0 Å². The number of carboxylic acid groups (broad SMARTS) is 1. The van der Waals surface area contributed by atoms with E-state index in [1.807, 2.05) is 0 Å². The highest BCUT2D eigenvalue weighted by Crippen LogP contribution is 2.23. The number of amides is 3. The van der Waals surface area contributed by atoms with E-state index >= 15 is 0 Å². The van der Waals surface area contributed by atoms with Gasteiger partial charge in [-0.2, -0.15) is 0 Å². The van der Waals surface area contributed by atoms with Gasteiger partial charge in [0, 0.05) is 19.1 Å². The number of hydrogen-bond donors (Lipinski definition) is 2. The van der Waals surface area contributed by atoms with E-state index in [-0.39, 0.29) is 12.5 Å². The van der Waals surface area contributed by atoms with Gasteiger partial charge in [0.1, 0.15) is 12.6 Å². The number of likely N-dealkylation sites (N-methyl/N-ethyl adjacent to an activating group) is 1. The van der Waals surface area contributed by atoms with Crippen LogP contribution in [0.25, 0.3) is 0 Å². The summed E-state index contributed by atoms with van der Waals surface area (Å²) in [5.74, 6) is -1.27. The molecular formula is C13H23N3O4. The highest BCUT2D eigenvalue weighted by molar-refractivity contribution is 5.88. The van der Waals surface area contributed by atoms with Crippen LogP contribution in [0.5, 0.6) is 0 Å². The lowest BCUT2D eigenvalue weighted by molar-refractivity contribution is -0.138. The molecule has 1 rings (SSSR count). The maximum Gasteiger partial charge on any atom is 0.323 e. The third kappa shape index (κ3) is 3.61. The van der Waals surface area contributed by atoms with Crippen LogP contribution in [0, 0.1) is 0 Å². The van der Waals surface area contributed by atoms with E-state index in [2.05, 4.69) is 5.32 Å². The minimum Gasteiger partial charge on any atom is -0.480 e. The van der Waals surface area contributed by atoms with E-state index in [4.69, 9.17) is 5.11 Å². The predicted molar refractivity (Wildman–Crippen MR) is 73.3 cm³/mol. The van der Waals surface area contributed by atoms with Crippen LogP contribution in [0.4, 0.5) is 4.79 Å². The summed E-state index contributed by atoms with van der Waals surface area (Å²) < 4.78 is 0. The first-order valence-electron chi connectivity index (χ1n) is 6.70. The smallest absolute Gasteiger partial charge is 0.323 e. The zero-order chi connectivity index (χ0) is 15.5. The normalized spacial score (nSPS) is 18.8. The number of carbonyl (C=O) groups excluding carboxylic acids is 2. The number of aliphatic carboxylic acids is 1. The maximum absolute atomic E-state index is 12.6. The second-order valence-electron chi connectivity index (χ2n) is 5.90. The molecule has 0 spiro atoms. The Kier molecular flexibility index (Phi) is 4.97. The van der Waals surface area contributed by atoms with Gasteiger partial charge in [-0.3, -0.25) is 9.59 Å². The van der Waals surface area contributed by atoms with Crippen LogP contribution in [0.15, 0.2) is 0 Å². The molecule has 0 aliphatic carbocycles. The molecule has 0 bridgehead atoms. The van der Waals surface area contributed by atoms with Crippen LogP contribution >= 0.6 is 0 Å². The van der Waals surface area contributed by atoms with Crippen molar-refractivity contribution in [3.8, 4) is 0 Å². The van der Waals surface area contributed by atoms with Crippen molar-refractivity contribution in [3.05, 3.63) is 0 Å². The lowest BCUT2D eigenvalue weighted by Crippen LogP contribution is -2.56. The molecule has 7 heteroatoms. The van der Waals surface area contributed by atoms with Crippen molar-refractivity contribution in [1.29, 1.82) is 0 Å². The Morgan fingerprint density at radius 1 is 1.35 bits per heavy atom. The van der Waals surface area contributed by atoms with Gasteiger partial charge < -0.3 is 20.2 Å². The third-order valence-corrected chi connectivity index (χ3v) is 3.38. The van der Waals surface area contributed by atoms with Gasteiger partial charge in [0.2, 0.25) is 5.91 Å². The number of nitrogens with one attached hydrogen (secondary N) is 1. The molecule has 0 saturated carbocycles. The molecular weight excluding hydrogens is 262 g/mol. The predicted octanol–water partition coefficient (Wildman–Crippen LogP) is 0.502. The third-order valence-electron chi connectivity index (χ3n) is 3.38. The number of hydrogen-bond acceptors (Lipinski definition) is 3. The van der Waals surface area contributed by atoms with E-state index in [9.17, 15) is 14.4 Å². The largest absolute Gasteiger partial charge is 0.480 e. The Morgan fingerprint density at radius 2 is 1.95 bits per heavy atom. The maximum atomic E-state index is 12.6. The average Bonchev–Trinajstić information content (AvgIpc) is 2.81.